The summed E-state index contributed by atoms with van der Waals surface area (Å²) in [5.41, 5.74) is 7.12. The van der Waals surface area contributed by atoms with Gasteiger partial charge in [-0.1, -0.05) is 54.1 Å². The normalized spacial score (nSPS) is 11.0. The summed E-state index contributed by atoms with van der Waals surface area (Å²) in [6.07, 6.45) is 1.76. The van der Waals surface area contributed by atoms with Crippen molar-refractivity contribution in [2.24, 2.45) is 5.10 Å². The third kappa shape index (κ3) is 5.26. The number of aryl methyl sites for hydroxylation is 1. The standard InChI is InChI=1S/C24H20ClN3OS/c1-17-23(20-7-3-2-4-8-20)27-24(30-17)28-26-15-18-10-12-22(13-11-18)29-16-19-6-5-9-21(25)14-19/h2-15H,16H2,1H3,(H,27,28)/b26-15+. The van der Waals surface area contributed by atoms with E-state index in [1.165, 1.54) is 0 Å². The molecule has 0 saturated heterocycles. The Morgan fingerprint density at radius 1 is 1.03 bits per heavy atom. The second kappa shape index (κ2) is 9.57. The predicted molar refractivity (Wildman–Crippen MR) is 126 cm³/mol. The van der Waals surface area contributed by atoms with E-state index in [9.17, 15) is 0 Å². The summed E-state index contributed by atoms with van der Waals surface area (Å²) in [5.74, 6) is 0.795. The average Bonchev–Trinajstić information content (AvgIpc) is 3.14. The number of hydrogen-bond acceptors (Lipinski definition) is 5. The largest absolute Gasteiger partial charge is 0.489 e. The van der Waals surface area contributed by atoms with Crippen molar-refractivity contribution in [1.82, 2.24) is 4.98 Å². The summed E-state index contributed by atoms with van der Waals surface area (Å²) in [4.78, 5) is 5.80. The van der Waals surface area contributed by atoms with Crippen molar-refractivity contribution in [3.63, 3.8) is 0 Å². The molecular weight excluding hydrogens is 414 g/mol. The number of anilines is 1. The Hall–Kier alpha value is -3.15. The highest BCUT2D eigenvalue weighted by atomic mass is 35.5. The number of nitrogens with zero attached hydrogens (tertiary/aromatic N) is 2. The van der Waals surface area contributed by atoms with Crippen LogP contribution in [0.25, 0.3) is 11.3 Å². The molecule has 0 unspecified atom stereocenters. The molecular formula is C24H20ClN3OS. The zero-order valence-electron chi connectivity index (χ0n) is 16.4. The van der Waals surface area contributed by atoms with E-state index in [2.05, 4.69) is 34.6 Å². The van der Waals surface area contributed by atoms with Crippen LogP contribution in [-0.4, -0.2) is 11.2 Å². The van der Waals surface area contributed by atoms with Gasteiger partial charge in [0.2, 0.25) is 5.13 Å². The van der Waals surface area contributed by atoms with Gasteiger partial charge in [-0.2, -0.15) is 5.10 Å². The van der Waals surface area contributed by atoms with Gasteiger partial charge in [0.15, 0.2) is 0 Å². The van der Waals surface area contributed by atoms with Crippen molar-refractivity contribution in [3.05, 3.63) is 99.9 Å². The first-order chi connectivity index (χ1) is 14.7. The Morgan fingerprint density at radius 2 is 1.83 bits per heavy atom. The zero-order chi connectivity index (χ0) is 20.8. The molecule has 0 aliphatic heterocycles. The van der Waals surface area contributed by atoms with Gasteiger partial charge in [-0.15, -0.1) is 11.3 Å². The molecule has 0 aliphatic carbocycles. The van der Waals surface area contributed by atoms with Crippen LogP contribution in [0.2, 0.25) is 5.02 Å². The summed E-state index contributed by atoms with van der Waals surface area (Å²) in [7, 11) is 0. The van der Waals surface area contributed by atoms with Crippen LogP contribution in [0.5, 0.6) is 5.75 Å². The molecule has 0 fully saturated rings. The second-order valence-electron chi connectivity index (χ2n) is 6.65. The molecule has 0 amide bonds. The van der Waals surface area contributed by atoms with Crippen molar-refractivity contribution >= 4 is 34.3 Å². The molecule has 0 saturated carbocycles. The molecule has 4 aromatic rings. The molecule has 0 bridgehead atoms. The second-order valence-corrected chi connectivity index (χ2v) is 8.29. The van der Waals surface area contributed by atoms with E-state index in [1.807, 2.05) is 66.7 Å². The molecule has 0 aliphatic rings. The SMILES string of the molecule is Cc1sc(N/N=C/c2ccc(OCc3cccc(Cl)c3)cc2)nc1-c1ccccc1. The minimum Gasteiger partial charge on any atom is -0.489 e. The maximum Gasteiger partial charge on any atom is 0.204 e. The van der Waals surface area contributed by atoms with E-state index >= 15 is 0 Å². The van der Waals surface area contributed by atoms with Gasteiger partial charge in [-0.05, 0) is 54.4 Å². The number of ether oxygens (including phenoxy) is 1. The fourth-order valence-corrected chi connectivity index (χ4v) is 3.91. The molecule has 0 atom stereocenters. The third-order valence-corrected chi connectivity index (χ3v) is 5.50. The van der Waals surface area contributed by atoms with E-state index in [-0.39, 0.29) is 0 Å². The lowest BCUT2D eigenvalue weighted by molar-refractivity contribution is 0.306. The Morgan fingerprint density at radius 3 is 2.60 bits per heavy atom. The van der Waals surface area contributed by atoms with E-state index in [4.69, 9.17) is 16.3 Å². The van der Waals surface area contributed by atoms with Gasteiger partial charge >= 0.3 is 0 Å². The Balaban J connectivity index is 1.33. The summed E-state index contributed by atoms with van der Waals surface area (Å²) >= 11 is 7.59. The predicted octanol–water partition coefficient (Wildman–Crippen LogP) is 6.80. The minimum absolute atomic E-state index is 0.475. The number of benzene rings is 3. The van der Waals surface area contributed by atoms with Gasteiger partial charge < -0.3 is 4.74 Å². The van der Waals surface area contributed by atoms with Crippen molar-refractivity contribution in [2.75, 3.05) is 5.43 Å². The van der Waals surface area contributed by atoms with E-state index in [1.54, 1.807) is 17.6 Å². The van der Waals surface area contributed by atoms with Crippen LogP contribution >= 0.6 is 22.9 Å². The summed E-state index contributed by atoms with van der Waals surface area (Å²) < 4.78 is 5.81. The molecule has 1 heterocycles. The number of halogens is 1. The lowest BCUT2D eigenvalue weighted by Gasteiger charge is -2.06. The first kappa shape index (κ1) is 20.1. The van der Waals surface area contributed by atoms with Gasteiger partial charge in [-0.3, -0.25) is 5.43 Å². The highest BCUT2D eigenvalue weighted by Crippen LogP contribution is 2.30. The van der Waals surface area contributed by atoms with Crippen LogP contribution in [0.4, 0.5) is 5.13 Å². The fourth-order valence-electron chi connectivity index (χ4n) is 2.91. The monoisotopic (exact) mass is 433 g/mol. The number of hydrogen-bond donors (Lipinski definition) is 1. The Bertz CT molecular complexity index is 1140. The van der Waals surface area contributed by atoms with Crippen molar-refractivity contribution in [2.45, 2.75) is 13.5 Å². The smallest absolute Gasteiger partial charge is 0.204 e. The Labute approximate surface area is 184 Å². The number of hydrazone groups is 1. The van der Waals surface area contributed by atoms with Crippen LogP contribution in [0, 0.1) is 6.92 Å². The third-order valence-electron chi connectivity index (χ3n) is 4.39. The van der Waals surface area contributed by atoms with Crippen molar-refractivity contribution in [3.8, 4) is 17.0 Å². The van der Waals surface area contributed by atoms with E-state index < -0.39 is 0 Å². The van der Waals surface area contributed by atoms with Gasteiger partial charge in [0.1, 0.15) is 12.4 Å². The molecule has 30 heavy (non-hydrogen) atoms. The van der Waals surface area contributed by atoms with Crippen LogP contribution in [0.15, 0.2) is 84.0 Å². The summed E-state index contributed by atoms with van der Waals surface area (Å²) in [6.45, 7) is 2.54. The lowest BCUT2D eigenvalue weighted by Crippen LogP contribution is -1.95. The molecule has 4 rings (SSSR count). The number of nitrogens with one attached hydrogen (secondary N) is 1. The van der Waals surface area contributed by atoms with Crippen molar-refractivity contribution < 1.29 is 4.74 Å². The fraction of sp³-hybridized carbons (Fsp3) is 0.0833. The van der Waals surface area contributed by atoms with Crippen LogP contribution in [0.3, 0.4) is 0 Å². The van der Waals surface area contributed by atoms with Gasteiger partial charge in [0.05, 0.1) is 11.9 Å². The average molecular weight is 434 g/mol. The topological polar surface area (TPSA) is 46.5 Å². The molecule has 0 spiro atoms. The number of aromatic nitrogens is 1. The summed E-state index contributed by atoms with van der Waals surface area (Å²) in [6, 6.07) is 25.6. The highest BCUT2D eigenvalue weighted by molar-refractivity contribution is 7.15. The first-order valence-electron chi connectivity index (χ1n) is 9.46. The van der Waals surface area contributed by atoms with Crippen LogP contribution in [-0.2, 0) is 6.61 Å². The maximum atomic E-state index is 6.00. The van der Waals surface area contributed by atoms with Gasteiger partial charge in [-0.25, -0.2) is 4.98 Å². The number of thiazole rings is 1. The van der Waals surface area contributed by atoms with Crippen molar-refractivity contribution in [1.29, 1.82) is 0 Å². The maximum absolute atomic E-state index is 6.00. The molecule has 150 valence electrons. The molecule has 6 heteroatoms. The van der Waals surface area contributed by atoms with Crippen LogP contribution in [0.1, 0.15) is 16.0 Å². The lowest BCUT2D eigenvalue weighted by atomic mass is 10.1. The molecule has 4 nitrogen and oxygen atoms in total. The van der Waals surface area contributed by atoms with E-state index in [0.717, 1.165) is 38.1 Å². The quantitative estimate of drug-likeness (QED) is 0.257. The number of rotatable bonds is 7. The van der Waals surface area contributed by atoms with Gasteiger partial charge in [0.25, 0.3) is 0 Å². The molecule has 0 radical (unpaired) electrons. The Kier molecular flexibility index (Phi) is 6.42. The minimum atomic E-state index is 0.475. The zero-order valence-corrected chi connectivity index (χ0v) is 18.0. The van der Waals surface area contributed by atoms with Crippen LogP contribution < -0.4 is 10.2 Å². The molecule has 1 aromatic heterocycles. The molecule has 3 aromatic carbocycles. The highest BCUT2D eigenvalue weighted by Gasteiger charge is 2.08. The summed E-state index contributed by atoms with van der Waals surface area (Å²) in [5, 5.41) is 5.79. The molecule has 1 N–H and O–H groups in total. The first-order valence-corrected chi connectivity index (χ1v) is 10.7. The van der Waals surface area contributed by atoms with E-state index in [0.29, 0.717) is 11.6 Å². The van der Waals surface area contributed by atoms with Gasteiger partial charge in [0, 0.05) is 15.5 Å².